The van der Waals surface area contributed by atoms with Gasteiger partial charge in [-0.3, -0.25) is 4.90 Å². The van der Waals surface area contributed by atoms with Crippen molar-refractivity contribution in [3.05, 3.63) is 37.1 Å². The third kappa shape index (κ3) is 1.75. The van der Waals surface area contributed by atoms with Crippen molar-refractivity contribution in [3.8, 4) is 0 Å². The number of nitrogens with zero attached hydrogens (tertiary/aromatic N) is 4. The molecule has 0 bridgehead atoms. The Hall–Kier alpha value is -2.24. The van der Waals surface area contributed by atoms with Crippen molar-refractivity contribution in [1.82, 2.24) is 20.6 Å². The molecular formula is C12H16N6. The van der Waals surface area contributed by atoms with Gasteiger partial charge >= 0.3 is 0 Å². The van der Waals surface area contributed by atoms with Crippen molar-refractivity contribution in [1.29, 1.82) is 0 Å². The lowest BCUT2D eigenvalue weighted by Crippen LogP contribution is -2.35. The van der Waals surface area contributed by atoms with Crippen LogP contribution in [-0.4, -0.2) is 22.3 Å². The molecule has 0 spiro atoms. The predicted molar refractivity (Wildman–Crippen MR) is 70.5 cm³/mol. The molecule has 6 heteroatoms. The van der Waals surface area contributed by atoms with Crippen LogP contribution in [0.3, 0.4) is 0 Å². The smallest absolute Gasteiger partial charge is 0.233 e. The van der Waals surface area contributed by atoms with Crippen LogP contribution in [0.2, 0.25) is 0 Å². The average molecular weight is 244 g/mol. The molecule has 3 rings (SSSR count). The van der Waals surface area contributed by atoms with Gasteiger partial charge in [0.1, 0.15) is 18.1 Å². The van der Waals surface area contributed by atoms with Gasteiger partial charge in [0.05, 0.1) is 0 Å². The van der Waals surface area contributed by atoms with E-state index in [9.17, 15) is 0 Å². The van der Waals surface area contributed by atoms with Crippen LogP contribution in [-0.2, 0) is 0 Å². The highest BCUT2D eigenvalue weighted by Gasteiger charge is 2.21. The van der Waals surface area contributed by atoms with Gasteiger partial charge in [0.2, 0.25) is 5.95 Å². The number of anilines is 2. The Labute approximate surface area is 106 Å². The molecule has 6 nitrogen and oxygen atoms in total. The maximum absolute atomic E-state index is 4.60. The molecule has 0 saturated carbocycles. The first kappa shape index (κ1) is 10.9. The van der Waals surface area contributed by atoms with Gasteiger partial charge in [0.15, 0.2) is 0 Å². The average Bonchev–Trinajstić information content (AvgIpc) is 2.98. The highest BCUT2D eigenvalue weighted by Crippen LogP contribution is 2.21. The lowest BCUT2D eigenvalue weighted by molar-refractivity contribution is 0.661. The Bertz CT molecular complexity index is 456. The third-order valence-electron chi connectivity index (χ3n) is 3.10. The fraction of sp³-hybridized carbons (Fsp3) is 0.333. The standard InChI is InChI=1S/C12H16N6/c1-9-13-5-7-17(9)11-3-4-15-12(16-11)18-8-6-14-10(18)2/h3-10,13-14H,1-2H3/t9-,10+/m1/s1. The van der Waals surface area contributed by atoms with Crippen LogP contribution in [0.5, 0.6) is 0 Å². The first-order valence-electron chi connectivity index (χ1n) is 6.01. The monoisotopic (exact) mass is 244 g/mol. The second kappa shape index (κ2) is 4.21. The van der Waals surface area contributed by atoms with Crippen molar-refractivity contribution < 1.29 is 0 Å². The molecule has 2 aliphatic rings. The summed E-state index contributed by atoms with van der Waals surface area (Å²) in [6, 6.07) is 1.91. The summed E-state index contributed by atoms with van der Waals surface area (Å²) < 4.78 is 0. The van der Waals surface area contributed by atoms with E-state index in [1.54, 1.807) is 6.20 Å². The van der Waals surface area contributed by atoms with E-state index in [0.29, 0.717) is 5.95 Å². The first-order valence-corrected chi connectivity index (χ1v) is 6.01. The number of aromatic nitrogens is 2. The Morgan fingerprint density at radius 1 is 1.06 bits per heavy atom. The molecule has 0 aliphatic carbocycles. The minimum absolute atomic E-state index is 0.185. The van der Waals surface area contributed by atoms with Crippen molar-refractivity contribution in [2.45, 2.75) is 26.2 Å². The van der Waals surface area contributed by atoms with Gasteiger partial charge in [0.25, 0.3) is 0 Å². The summed E-state index contributed by atoms with van der Waals surface area (Å²) in [7, 11) is 0. The maximum Gasteiger partial charge on any atom is 0.233 e. The molecule has 1 aromatic rings. The zero-order chi connectivity index (χ0) is 12.5. The summed E-state index contributed by atoms with van der Waals surface area (Å²) in [6.07, 6.45) is 9.95. The van der Waals surface area contributed by atoms with Crippen LogP contribution in [0.15, 0.2) is 37.1 Å². The Morgan fingerprint density at radius 2 is 1.72 bits per heavy atom. The van der Waals surface area contributed by atoms with E-state index in [0.717, 1.165) is 5.82 Å². The van der Waals surface area contributed by atoms with Crippen molar-refractivity contribution in [2.24, 2.45) is 0 Å². The highest BCUT2D eigenvalue weighted by molar-refractivity contribution is 5.50. The van der Waals surface area contributed by atoms with E-state index in [-0.39, 0.29) is 12.3 Å². The van der Waals surface area contributed by atoms with Crippen LogP contribution >= 0.6 is 0 Å². The molecule has 0 saturated heterocycles. The van der Waals surface area contributed by atoms with Gasteiger partial charge in [-0.1, -0.05) is 0 Å². The van der Waals surface area contributed by atoms with E-state index in [1.165, 1.54) is 0 Å². The summed E-state index contributed by atoms with van der Waals surface area (Å²) in [6.45, 7) is 4.15. The van der Waals surface area contributed by atoms with Gasteiger partial charge in [-0.2, -0.15) is 4.98 Å². The Kier molecular flexibility index (Phi) is 2.55. The SMILES string of the molecule is C[C@@H]1NC=CN1c1ccnc(N2C=CN[C@@H]2C)n1. The predicted octanol–water partition coefficient (Wildman–Crippen LogP) is 0.930. The fourth-order valence-corrected chi connectivity index (χ4v) is 2.07. The topological polar surface area (TPSA) is 56.3 Å². The van der Waals surface area contributed by atoms with Gasteiger partial charge in [0, 0.05) is 31.0 Å². The molecule has 18 heavy (non-hydrogen) atoms. The van der Waals surface area contributed by atoms with Gasteiger partial charge in [-0.25, -0.2) is 4.98 Å². The van der Waals surface area contributed by atoms with Crippen LogP contribution in [0.4, 0.5) is 11.8 Å². The molecule has 94 valence electrons. The summed E-state index contributed by atoms with van der Waals surface area (Å²) in [5.41, 5.74) is 0. The molecule has 0 radical (unpaired) electrons. The normalized spacial score (nSPS) is 25.4. The van der Waals surface area contributed by atoms with Crippen molar-refractivity contribution in [3.63, 3.8) is 0 Å². The fourth-order valence-electron chi connectivity index (χ4n) is 2.07. The van der Waals surface area contributed by atoms with E-state index < -0.39 is 0 Å². The molecule has 0 unspecified atom stereocenters. The molecule has 2 N–H and O–H groups in total. The number of nitrogens with one attached hydrogen (secondary N) is 2. The third-order valence-corrected chi connectivity index (χ3v) is 3.10. The molecule has 2 aliphatic heterocycles. The number of rotatable bonds is 2. The van der Waals surface area contributed by atoms with Crippen molar-refractivity contribution >= 4 is 11.8 Å². The number of hydrogen-bond acceptors (Lipinski definition) is 6. The molecule has 1 aromatic heterocycles. The minimum Gasteiger partial charge on any atom is -0.370 e. The van der Waals surface area contributed by atoms with E-state index >= 15 is 0 Å². The van der Waals surface area contributed by atoms with E-state index in [4.69, 9.17) is 0 Å². The summed E-state index contributed by atoms with van der Waals surface area (Å²) in [5.74, 6) is 1.59. The highest BCUT2D eigenvalue weighted by atomic mass is 15.4. The van der Waals surface area contributed by atoms with Gasteiger partial charge in [-0.15, -0.1) is 0 Å². The van der Waals surface area contributed by atoms with Crippen LogP contribution in [0.1, 0.15) is 13.8 Å². The molecule has 0 amide bonds. The molecule has 0 aromatic carbocycles. The second-order valence-electron chi connectivity index (χ2n) is 4.35. The molecular weight excluding hydrogens is 228 g/mol. The summed E-state index contributed by atoms with van der Waals surface area (Å²) in [4.78, 5) is 13.0. The van der Waals surface area contributed by atoms with E-state index in [1.807, 2.05) is 35.8 Å². The van der Waals surface area contributed by atoms with Crippen LogP contribution in [0, 0.1) is 0 Å². The zero-order valence-corrected chi connectivity index (χ0v) is 10.4. The maximum atomic E-state index is 4.60. The van der Waals surface area contributed by atoms with Gasteiger partial charge in [-0.05, 0) is 19.9 Å². The lowest BCUT2D eigenvalue weighted by atomic mass is 10.4. The van der Waals surface area contributed by atoms with Crippen LogP contribution in [0.25, 0.3) is 0 Å². The van der Waals surface area contributed by atoms with Gasteiger partial charge < -0.3 is 15.5 Å². The second-order valence-corrected chi connectivity index (χ2v) is 4.35. The molecule has 3 heterocycles. The summed E-state index contributed by atoms with van der Waals surface area (Å²) in [5, 5.41) is 6.40. The van der Waals surface area contributed by atoms with E-state index in [2.05, 4.69) is 39.3 Å². The minimum atomic E-state index is 0.185. The largest absolute Gasteiger partial charge is 0.370 e. The van der Waals surface area contributed by atoms with Crippen molar-refractivity contribution in [2.75, 3.05) is 9.80 Å². The Morgan fingerprint density at radius 3 is 2.33 bits per heavy atom. The molecule has 2 atom stereocenters. The molecule has 0 fully saturated rings. The number of hydrogen-bond donors (Lipinski definition) is 2. The summed E-state index contributed by atoms with van der Waals surface area (Å²) >= 11 is 0. The Balaban J connectivity index is 1.89. The lowest BCUT2D eigenvalue weighted by Gasteiger charge is -2.24. The quantitative estimate of drug-likeness (QED) is 0.807. The first-order chi connectivity index (χ1) is 8.75. The zero-order valence-electron chi connectivity index (χ0n) is 10.4. The van der Waals surface area contributed by atoms with Crippen LogP contribution < -0.4 is 20.4 Å².